The third-order valence-corrected chi connectivity index (χ3v) is 3.56. The van der Waals surface area contributed by atoms with Gasteiger partial charge in [-0.1, -0.05) is 29.8 Å². The highest BCUT2D eigenvalue weighted by molar-refractivity contribution is 7.71. The summed E-state index contributed by atoms with van der Waals surface area (Å²) >= 11 is 4.81. The second-order valence-electron chi connectivity index (χ2n) is 5.05. The molecule has 3 aromatic rings. The molecule has 0 aliphatic heterocycles. The fourth-order valence-corrected chi connectivity index (χ4v) is 2.45. The molecule has 8 heteroatoms. The van der Waals surface area contributed by atoms with Crippen LogP contribution in [0.3, 0.4) is 0 Å². The summed E-state index contributed by atoms with van der Waals surface area (Å²) < 4.78 is 39.9. The molecule has 0 radical (unpaired) electrons. The summed E-state index contributed by atoms with van der Waals surface area (Å²) in [5, 5.41) is -0.554. The van der Waals surface area contributed by atoms with E-state index in [0.717, 1.165) is 11.6 Å². The maximum atomic E-state index is 13.3. The van der Waals surface area contributed by atoms with Crippen LogP contribution in [0.5, 0.6) is 0 Å². The van der Waals surface area contributed by atoms with Crippen molar-refractivity contribution in [2.45, 2.75) is 13.1 Å². The van der Waals surface area contributed by atoms with Gasteiger partial charge in [0.2, 0.25) is 0 Å². The summed E-state index contributed by atoms with van der Waals surface area (Å²) in [5.74, 6) is 0. The molecule has 2 aromatic heterocycles. The zero-order valence-electron chi connectivity index (χ0n) is 11.8. The largest absolute Gasteiger partial charge is 0.417 e. The van der Waals surface area contributed by atoms with Gasteiger partial charge in [-0.15, -0.1) is 0 Å². The highest BCUT2D eigenvalue weighted by atomic mass is 32.1. The quantitative estimate of drug-likeness (QED) is 0.661. The van der Waals surface area contributed by atoms with E-state index in [1.165, 1.54) is 0 Å². The predicted octanol–water partition coefficient (Wildman–Crippen LogP) is 3.97. The van der Waals surface area contributed by atoms with Gasteiger partial charge in [-0.05, 0) is 25.2 Å². The first-order chi connectivity index (χ1) is 10.8. The van der Waals surface area contributed by atoms with Crippen molar-refractivity contribution in [1.29, 1.82) is 0 Å². The van der Waals surface area contributed by atoms with Gasteiger partial charge < -0.3 is 4.98 Å². The smallest absolute Gasteiger partial charge is 0.316 e. The van der Waals surface area contributed by atoms with Gasteiger partial charge >= 0.3 is 6.18 Å². The first-order valence-electron chi connectivity index (χ1n) is 6.57. The molecule has 0 aliphatic carbocycles. The van der Waals surface area contributed by atoms with E-state index >= 15 is 0 Å². The Bertz CT molecular complexity index is 1000. The number of aromatic nitrogens is 3. The van der Waals surface area contributed by atoms with Crippen molar-refractivity contribution in [3.8, 4) is 11.3 Å². The lowest BCUT2D eigenvalue weighted by Gasteiger charge is -2.12. The Morgan fingerprint density at radius 3 is 2.39 bits per heavy atom. The number of nitrogens with zero attached hydrogens (tertiary/aromatic N) is 1. The van der Waals surface area contributed by atoms with Gasteiger partial charge in [0, 0.05) is 5.56 Å². The van der Waals surface area contributed by atoms with Crippen LogP contribution in [0, 0.1) is 11.7 Å². The Labute approximate surface area is 133 Å². The normalized spacial score (nSPS) is 11.8. The second kappa shape index (κ2) is 5.31. The van der Waals surface area contributed by atoms with Crippen LogP contribution in [0.25, 0.3) is 22.3 Å². The molecule has 0 atom stereocenters. The lowest BCUT2D eigenvalue weighted by Crippen LogP contribution is -2.16. The third-order valence-electron chi connectivity index (χ3n) is 3.36. The molecule has 3 rings (SSSR count). The number of hydrogen-bond acceptors (Lipinski definition) is 3. The van der Waals surface area contributed by atoms with Crippen molar-refractivity contribution < 1.29 is 13.2 Å². The summed E-state index contributed by atoms with van der Waals surface area (Å²) in [7, 11) is 0. The van der Waals surface area contributed by atoms with Crippen molar-refractivity contribution in [1.82, 2.24) is 15.0 Å². The minimum absolute atomic E-state index is 0.0795. The van der Waals surface area contributed by atoms with Crippen LogP contribution in [-0.2, 0) is 6.18 Å². The number of H-pyrrole nitrogens is 2. The molecule has 23 heavy (non-hydrogen) atoms. The number of aryl methyl sites for hydroxylation is 1. The Morgan fingerprint density at radius 2 is 1.78 bits per heavy atom. The zero-order chi connectivity index (χ0) is 16.8. The maximum Gasteiger partial charge on any atom is 0.417 e. The molecule has 0 bridgehead atoms. The molecule has 118 valence electrons. The zero-order valence-corrected chi connectivity index (χ0v) is 12.6. The SMILES string of the molecule is Cc1ccc(-c2cc(C(F)(F)F)c3c(=O)[nH]c(=S)[nH]c3n2)cc1. The van der Waals surface area contributed by atoms with E-state index in [-0.39, 0.29) is 16.1 Å². The summed E-state index contributed by atoms with van der Waals surface area (Å²) in [4.78, 5) is 20.7. The summed E-state index contributed by atoms with van der Waals surface area (Å²) in [6, 6.07) is 7.76. The molecule has 0 aliphatic rings. The van der Waals surface area contributed by atoms with Crippen molar-refractivity contribution in [2.24, 2.45) is 0 Å². The van der Waals surface area contributed by atoms with Crippen molar-refractivity contribution in [3.05, 3.63) is 56.6 Å². The van der Waals surface area contributed by atoms with E-state index in [1.807, 2.05) is 6.92 Å². The van der Waals surface area contributed by atoms with E-state index in [9.17, 15) is 18.0 Å². The Kier molecular flexibility index (Phi) is 3.56. The van der Waals surface area contributed by atoms with Gasteiger partial charge in [0.25, 0.3) is 5.56 Å². The van der Waals surface area contributed by atoms with Crippen LogP contribution in [0.4, 0.5) is 13.2 Å². The van der Waals surface area contributed by atoms with Crippen LogP contribution in [0.1, 0.15) is 11.1 Å². The van der Waals surface area contributed by atoms with Gasteiger partial charge in [0.15, 0.2) is 4.77 Å². The van der Waals surface area contributed by atoms with E-state index in [2.05, 4.69) is 15.0 Å². The number of benzene rings is 1. The monoisotopic (exact) mass is 337 g/mol. The van der Waals surface area contributed by atoms with Crippen LogP contribution in [-0.4, -0.2) is 15.0 Å². The second-order valence-corrected chi connectivity index (χ2v) is 5.46. The standard InChI is InChI=1S/C15H10F3N3OS/c1-7-2-4-8(5-3-7)10-6-9(15(16,17)18)11-12(19-10)20-14(23)21-13(11)22/h2-6H,1H3,(H2,19,20,21,22,23). The van der Waals surface area contributed by atoms with Crippen LogP contribution >= 0.6 is 12.2 Å². The first kappa shape index (κ1) is 15.4. The van der Waals surface area contributed by atoms with Crippen molar-refractivity contribution >= 4 is 23.3 Å². The lowest BCUT2D eigenvalue weighted by atomic mass is 10.1. The molecule has 0 spiro atoms. The number of aromatic amines is 2. The van der Waals surface area contributed by atoms with Gasteiger partial charge in [-0.2, -0.15) is 13.2 Å². The molecule has 0 unspecified atom stereocenters. The van der Waals surface area contributed by atoms with Gasteiger partial charge in [-0.25, -0.2) is 4.98 Å². The van der Waals surface area contributed by atoms with Crippen molar-refractivity contribution in [3.63, 3.8) is 0 Å². The number of nitrogens with one attached hydrogen (secondary N) is 2. The van der Waals surface area contributed by atoms with Gasteiger partial charge in [0.1, 0.15) is 5.65 Å². The Balaban J connectivity index is 2.40. The molecule has 4 nitrogen and oxygen atoms in total. The average molecular weight is 337 g/mol. The van der Waals surface area contributed by atoms with Crippen molar-refractivity contribution in [2.75, 3.05) is 0 Å². The number of alkyl halides is 3. The maximum absolute atomic E-state index is 13.3. The molecule has 0 saturated heterocycles. The average Bonchev–Trinajstić information content (AvgIpc) is 2.45. The Morgan fingerprint density at radius 1 is 1.13 bits per heavy atom. The number of pyridine rings is 1. The molecular formula is C15H10F3N3OS. The van der Waals surface area contributed by atoms with E-state index in [0.29, 0.717) is 5.56 Å². The van der Waals surface area contributed by atoms with Crippen LogP contribution in [0.2, 0.25) is 0 Å². The van der Waals surface area contributed by atoms with Gasteiger partial charge in [-0.3, -0.25) is 9.78 Å². The summed E-state index contributed by atoms with van der Waals surface area (Å²) in [6.07, 6.45) is -4.69. The van der Waals surface area contributed by atoms with E-state index in [1.54, 1.807) is 24.3 Å². The topological polar surface area (TPSA) is 61.5 Å². The lowest BCUT2D eigenvalue weighted by molar-refractivity contribution is -0.136. The highest BCUT2D eigenvalue weighted by Gasteiger charge is 2.35. The first-order valence-corrected chi connectivity index (χ1v) is 6.98. The molecule has 2 N–H and O–H groups in total. The molecule has 0 fully saturated rings. The van der Waals surface area contributed by atoms with E-state index in [4.69, 9.17) is 12.2 Å². The summed E-state index contributed by atoms with van der Waals surface area (Å²) in [6.45, 7) is 1.87. The molecule has 0 amide bonds. The van der Waals surface area contributed by atoms with Gasteiger partial charge in [0.05, 0.1) is 16.6 Å². The molecule has 2 heterocycles. The third kappa shape index (κ3) is 2.89. The van der Waals surface area contributed by atoms with E-state index < -0.39 is 22.7 Å². The number of halogens is 3. The molecule has 0 saturated carbocycles. The Hall–Kier alpha value is -2.48. The summed E-state index contributed by atoms with van der Waals surface area (Å²) in [5.41, 5.74) is -0.557. The molecule has 1 aromatic carbocycles. The number of fused-ring (bicyclic) bond motifs is 1. The predicted molar refractivity (Wildman–Crippen MR) is 82.7 cm³/mol. The fraction of sp³-hybridized carbons (Fsp3) is 0.133. The fourth-order valence-electron chi connectivity index (χ4n) is 2.27. The highest BCUT2D eigenvalue weighted by Crippen LogP contribution is 2.35. The van der Waals surface area contributed by atoms with Crippen LogP contribution < -0.4 is 5.56 Å². The number of hydrogen-bond donors (Lipinski definition) is 2. The van der Waals surface area contributed by atoms with Crippen LogP contribution in [0.15, 0.2) is 35.1 Å². The number of rotatable bonds is 1. The minimum Gasteiger partial charge on any atom is -0.316 e. The molecular weight excluding hydrogens is 327 g/mol. The minimum atomic E-state index is -4.69.